The number of aromatic nitrogens is 2. The Labute approximate surface area is 209 Å². The summed E-state index contributed by atoms with van der Waals surface area (Å²) in [6.45, 7) is 9.28. The predicted octanol–water partition coefficient (Wildman–Crippen LogP) is 3.87. The molecule has 7 nitrogen and oxygen atoms in total. The van der Waals surface area contributed by atoms with Crippen LogP contribution in [0.2, 0.25) is 0 Å². The number of piperidine rings is 1. The summed E-state index contributed by atoms with van der Waals surface area (Å²) in [5.74, 6) is 1.49. The SMILES string of the molecule is Cc1cccn2c(=O)c(/C=C3\SC(=S)N(C[C@@H]4CCCO4)C3=O)c(N3C[C@@H](C)C[C@H](C)C3)nc12. The summed E-state index contributed by atoms with van der Waals surface area (Å²) in [7, 11) is 0. The van der Waals surface area contributed by atoms with E-state index in [4.69, 9.17) is 21.9 Å². The lowest BCUT2D eigenvalue weighted by Gasteiger charge is -2.36. The van der Waals surface area contributed by atoms with E-state index < -0.39 is 0 Å². The van der Waals surface area contributed by atoms with Crippen molar-refractivity contribution in [2.24, 2.45) is 11.8 Å². The molecule has 0 bridgehead atoms. The first kappa shape index (κ1) is 23.5. The van der Waals surface area contributed by atoms with Crippen molar-refractivity contribution in [2.45, 2.75) is 46.1 Å². The summed E-state index contributed by atoms with van der Waals surface area (Å²) in [5, 5.41) is 0. The molecule has 3 saturated heterocycles. The normalized spacial score (nSPS) is 26.9. The van der Waals surface area contributed by atoms with E-state index in [0.29, 0.717) is 44.6 Å². The zero-order chi connectivity index (χ0) is 24.0. The van der Waals surface area contributed by atoms with Gasteiger partial charge in [0.15, 0.2) is 0 Å². The average Bonchev–Trinajstić information content (AvgIpc) is 3.39. The molecule has 0 radical (unpaired) electrons. The second-order valence-electron chi connectivity index (χ2n) is 9.82. The van der Waals surface area contributed by atoms with E-state index in [2.05, 4.69) is 18.7 Å². The number of amides is 1. The molecule has 0 aromatic carbocycles. The molecule has 0 spiro atoms. The van der Waals surface area contributed by atoms with Gasteiger partial charge in [-0.2, -0.15) is 0 Å². The van der Waals surface area contributed by atoms with Gasteiger partial charge >= 0.3 is 0 Å². The highest BCUT2D eigenvalue weighted by Gasteiger charge is 2.35. The van der Waals surface area contributed by atoms with Gasteiger partial charge in [0, 0.05) is 25.9 Å². The van der Waals surface area contributed by atoms with Crippen molar-refractivity contribution in [1.29, 1.82) is 0 Å². The Morgan fingerprint density at radius 3 is 2.74 bits per heavy atom. The molecule has 0 N–H and O–H groups in total. The molecular formula is C25H30N4O3S2. The largest absolute Gasteiger partial charge is 0.376 e. The molecule has 0 saturated carbocycles. The highest BCUT2D eigenvalue weighted by Crippen LogP contribution is 2.35. The number of thioether (sulfide) groups is 1. The standard InChI is InChI=1S/C25H30N4O3S2/c1-15-10-16(2)13-27(12-15)22-19(23(30)28-8-4-6-17(3)21(28)26-22)11-20-24(31)29(25(33)34-20)14-18-7-5-9-32-18/h4,6,8,11,15-16,18H,5,7,9-10,12-14H2,1-3H3/b20-11-/t15-,16-,18-/m0/s1. The minimum absolute atomic E-state index is 0.0182. The van der Waals surface area contributed by atoms with Crippen LogP contribution in [0.15, 0.2) is 28.0 Å². The summed E-state index contributed by atoms with van der Waals surface area (Å²) in [6, 6.07) is 3.81. The molecule has 3 atom stereocenters. The summed E-state index contributed by atoms with van der Waals surface area (Å²) in [5.41, 5.74) is 1.87. The van der Waals surface area contributed by atoms with Gasteiger partial charge in [-0.3, -0.25) is 18.9 Å². The van der Waals surface area contributed by atoms with Crippen LogP contribution < -0.4 is 10.5 Å². The molecule has 34 heavy (non-hydrogen) atoms. The first-order valence-corrected chi connectivity index (χ1v) is 13.2. The Hall–Kier alpha value is -2.23. The van der Waals surface area contributed by atoms with Crippen LogP contribution in [0.25, 0.3) is 11.7 Å². The van der Waals surface area contributed by atoms with Gasteiger partial charge < -0.3 is 9.64 Å². The van der Waals surface area contributed by atoms with Gasteiger partial charge in [0.1, 0.15) is 15.8 Å². The zero-order valence-electron chi connectivity index (χ0n) is 19.8. The number of fused-ring (bicyclic) bond motifs is 1. The fourth-order valence-corrected chi connectivity index (χ4v) is 6.54. The van der Waals surface area contributed by atoms with Crippen molar-refractivity contribution in [3.05, 3.63) is 44.7 Å². The molecule has 9 heteroatoms. The number of carbonyl (C=O) groups is 1. The Morgan fingerprint density at radius 2 is 2.03 bits per heavy atom. The number of hydrogen-bond acceptors (Lipinski definition) is 7. The number of pyridine rings is 1. The smallest absolute Gasteiger partial charge is 0.267 e. The van der Waals surface area contributed by atoms with Crippen LogP contribution in [0, 0.1) is 18.8 Å². The lowest BCUT2D eigenvalue weighted by molar-refractivity contribution is -0.123. The van der Waals surface area contributed by atoms with Crippen LogP contribution in [0.5, 0.6) is 0 Å². The molecule has 3 aliphatic rings. The lowest BCUT2D eigenvalue weighted by atomic mass is 9.91. The Balaban J connectivity index is 1.59. The van der Waals surface area contributed by atoms with E-state index in [1.54, 1.807) is 21.6 Å². The summed E-state index contributed by atoms with van der Waals surface area (Å²) in [4.78, 5) is 36.3. The zero-order valence-corrected chi connectivity index (χ0v) is 21.5. The second kappa shape index (κ2) is 9.43. The minimum atomic E-state index is -0.168. The summed E-state index contributed by atoms with van der Waals surface area (Å²) < 4.78 is 7.80. The number of rotatable bonds is 4. The Kier molecular flexibility index (Phi) is 6.52. The Bertz CT molecular complexity index is 1220. The molecule has 3 fully saturated rings. The van der Waals surface area contributed by atoms with Crippen LogP contribution in [0.1, 0.15) is 44.2 Å². The molecule has 0 unspecified atom stereocenters. The van der Waals surface area contributed by atoms with Crippen LogP contribution in [-0.4, -0.2) is 56.9 Å². The maximum Gasteiger partial charge on any atom is 0.267 e. The van der Waals surface area contributed by atoms with E-state index in [-0.39, 0.29) is 17.6 Å². The maximum absolute atomic E-state index is 13.7. The quantitative estimate of drug-likeness (QED) is 0.468. The molecule has 2 aromatic rings. The molecule has 180 valence electrons. The van der Waals surface area contributed by atoms with E-state index in [9.17, 15) is 9.59 Å². The number of aryl methyl sites for hydroxylation is 1. The third-order valence-corrected chi connectivity index (χ3v) is 8.17. The van der Waals surface area contributed by atoms with Gasteiger partial charge in [-0.1, -0.05) is 43.9 Å². The number of carbonyl (C=O) groups excluding carboxylic acids is 1. The van der Waals surface area contributed by atoms with Crippen molar-refractivity contribution < 1.29 is 9.53 Å². The molecule has 5 heterocycles. The highest BCUT2D eigenvalue weighted by atomic mass is 32.2. The number of nitrogens with zero attached hydrogens (tertiary/aromatic N) is 4. The number of hydrogen-bond donors (Lipinski definition) is 0. The minimum Gasteiger partial charge on any atom is -0.376 e. The van der Waals surface area contributed by atoms with E-state index in [1.807, 2.05) is 19.1 Å². The van der Waals surface area contributed by atoms with Crippen LogP contribution in [-0.2, 0) is 9.53 Å². The summed E-state index contributed by atoms with van der Waals surface area (Å²) >= 11 is 6.78. The predicted molar refractivity (Wildman–Crippen MR) is 140 cm³/mol. The molecule has 1 amide bonds. The summed E-state index contributed by atoms with van der Waals surface area (Å²) in [6.07, 6.45) is 6.55. The van der Waals surface area contributed by atoms with Gasteiger partial charge in [0.05, 0.1) is 23.1 Å². The fraction of sp³-hybridized carbons (Fsp3) is 0.520. The molecule has 5 rings (SSSR count). The fourth-order valence-electron chi connectivity index (χ4n) is 5.28. The van der Waals surface area contributed by atoms with Gasteiger partial charge in [-0.15, -0.1) is 0 Å². The van der Waals surface area contributed by atoms with E-state index in [1.165, 1.54) is 11.8 Å². The van der Waals surface area contributed by atoms with Gasteiger partial charge in [0.25, 0.3) is 11.5 Å². The van der Waals surface area contributed by atoms with Crippen LogP contribution in [0.4, 0.5) is 5.82 Å². The van der Waals surface area contributed by atoms with Crippen LogP contribution in [0.3, 0.4) is 0 Å². The molecular weight excluding hydrogens is 468 g/mol. The van der Waals surface area contributed by atoms with Crippen molar-refractivity contribution in [3.63, 3.8) is 0 Å². The first-order chi connectivity index (χ1) is 16.3. The average molecular weight is 499 g/mol. The first-order valence-electron chi connectivity index (χ1n) is 12.0. The third kappa shape index (κ3) is 4.41. The lowest BCUT2D eigenvalue weighted by Crippen LogP contribution is -2.40. The maximum atomic E-state index is 13.7. The van der Waals surface area contributed by atoms with Crippen molar-refractivity contribution in [2.75, 3.05) is 31.1 Å². The van der Waals surface area contributed by atoms with Crippen molar-refractivity contribution >= 4 is 51.7 Å². The number of thiocarbonyl (C=S) groups is 1. The molecule has 2 aromatic heterocycles. The topological polar surface area (TPSA) is 67.2 Å². The third-order valence-electron chi connectivity index (χ3n) is 6.79. The van der Waals surface area contributed by atoms with Crippen molar-refractivity contribution in [3.8, 4) is 0 Å². The van der Waals surface area contributed by atoms with E-state index >= 15 is 0 Å². The van der Waals surface area contributed by atoms with Gasteiger partial charge in [-0.05, 0) is 55.7 Å². The van der Waals surface area contributed by atoms with Crippen LogP contribution >= 0.6 is 24.0 Å². The number of ether oxygens (including phenoxy) is 1. The molecule has 0 aliphatic carbocycles. The van der Waals surface area contributed by atoms with Gasteiger partial charge in [0.2, 0.25) is 0 Å². The van der Waals surface area contributed by atoms with Gasteiger partial charge in [-0.25, -0.2) is 4.98 Å². The highest BCUT2D eigenvalue weighted by molar-refractivity contribution is 8.26. The van der Waals surface area contributed by atoms with E-state index in [0.717, 1.165) is 44.5 Å². The molecule has 3 aliphatic heterocycles. The second-order valence-corrected chi connectivity index (χ2v) is 11.5. The Morgan fingerprint density at radius 1 is 1.26 bits per heavy atom. The van der Waals surface area contributed by atoms with Crippen molar-refractivity contribution in [1.82, 2.24) is 14.3 Å². The number of anilines is 1. The monoisotopic (exact) mass is 498 g/mol.